The van der Waals surface area contributed by atoms with E-state index in [1.165, 1.54) is 24.0 Å². The van der Waals surface area contributed by atoms with Gasteiger partial charge >= 0.3 is 0 Å². The second-order valence-corrected chi connectivity index (χ2v) is 6.84. The summed E-state index contributed by atoms with van der Waals surface area (Å²) in [5.74, 6) is 0.713. The number of benzene rings is 1. The van der Waals surface area contributed by atoms with Crippen LogP contribution in [0.3, 0.4) is 0 Å². The highest BCUT2D eigenvalue weighted by Gasteiger charge is 2.31. The number of hydrogen-bond acceptors (Lipinski definition) is 4. The molecule has 0 unspecified atom stereocenters. The number of rotatable bonds is 4. The molecule has 0 amide bonds. The Morgan fingerprint density at radius 1 is 1.15 bits per heavy atom. The fraction of sp³-hybridized carbons (Fsp3) is 0.467. The molecule has 20 heavy (non-hydrogen) atoms. The molecular formula is C15H17N3OS. The quantitative estimate of drug-likeness (QED) is 0.938. The third-order valence-electron chi connectivity index (χ3n) is 4.07. The van der Waals surface area contributed by atoms with E-state index < -0.39 is 0 Å². The van der Waals surface area contributed by atoms with Gasteiger partial charge in [0.05, 0.1) is 0 Å². The number of aliphatic hydroxyl groups excluding tert-OH is 1. The molecule has 1 N–H and O–H groups in total. The smallest absolute Gasteiger partial charge is 0.191 e. The molecule has 0 saturated heterocycles. The molecule has 1 heterocycles. The largest absolute Gasteiger partial charge is 0.388 e. The van der Waals surface area contributed by atoms with Crippen molar-refractivity contribution in [1.82, 2.24) is 14.8 Å². The summed E-state index contributed by atoms with van der Waals surface area (Å²) < 4.78 is 2.15. The topological polar surface area (TPSA) is 50.9 Å². The minimum atomic E-state index is -0.0189. The lowest BCUT2D eigenvalue weighted by atomic mass is 10.1. The van der Waals surface area contributed by atoms with Gasteiger partial charge in [0.1, 0.15) is 6.61 Å². The van der Waals surface area contributed by atoms with Crippen LogP contribution in [0, 0.1) is 0 Å². The standard InChI is InChI=1S/C15H17N3OS/c19-9-14-16-17-15(18(14)12-5-6-12)20-13-7-10-3-1-2-4-11(10)8-13/h1-4,12-13,19H,5-9H2. The number of thioether (sulfide) groups is 1. The van der Waals surface area contributed by atoms with E-state index in [9.17, 15) is 5.11 Å². The van der Waals surface area contributed by atoms with E-state index in [0.29, 0.717) is 17.1 Å². The third-order valence-corrected chi connectivity index (χ3v) is 5.23. The van der Waals surface area contributed by atoms with Crippen molar-refractivity contribution in [2.75, 3.05) is 0 Å². The SMILES string of the molecule is OCc1nnc(SC2Cc3ccccc3C2)n1C1CC1. The number of fused-ring (bicyclic) bond motifs is 1. The van der Waals surface area contributed by atoms with Crippen molar-refractivity contribution in [3.63, 3.8) is 0 Å². The molecule has 0 spiro atoms. The minimum Gasteiger partial charge on any atom is -0.388 e. The molecule has 1 saturated carbocycles. The lowest BCUT2D eigenvalue weighted by molar-refractivity contribution is 0.263. The van der Waals surface area contributed by atoms with E-state index in [0.717, 1.165) is 18.0 Å². The molecule has 2 aromatic rings. The van der Waals surface area contributed by atoms with Crippen LogP contribution in [0.25, 0.3) is 0 Å². The van der Waals surface area contributed by atoms with Gasteiger partial charge in [-0.05, 0) is 36.8 Å². The molecule has 1 fully saturated rings. The average Bonchev–Trinajstić information content (AvgIpc) is 3.09. The Labute approximate surface area is 122 Å². The van der Waals surface area contributed by atoms with E-state index in [1.54, 1.807) is 0 Å². The van der Waals surface area contributed by atoms with Crippen molar-refractivity contribution in [2.45, 2.75) is 48.7 Å². The number of nitrogens with zero attached hydrogens (tertiary/aromatic N) is 3. The van der Waals surface area contributed by atoms with Crippen molar-refractivity contribution >= 4 is 11.8 Å². The highest BCUT2D eigenvalue weighted by molar-refractivity contribution is 7.99. The van der Waals surface area contributed by atoms with Gasteiger partial charge in [-0.25, -0.2) is 0 Å². The highest BCUT2D eigenvalue weighted by atomic mass is 32.2. The van der Waals surface area contributed by atoms with Gasteiger partial charge in [-0.15, -0.1) is 10.2 Å². The molecular weight excluding hydrogens is 270 g/mol. The molecule has 0 atom stereocenters. The monoisotopic (exact) mass is 287 g/mol. The first-order valence-electron chi connectivity index (χ1n) is 7.13. The first-order valence-corrected chi connectivity index (χ1v) is 8.01. The Morgan fingerprint density at radius 2 is 1.85 bits per heavy atom. The van der Waals surface area contributed by atoms with Crippen LogP contribution in [-0.4, -0.2) is 25.1 Å². The fourth-order valence-corrected chi connectivity index (χ4v) is 4.23. The summed E-state index contributed by atoms with van der Waals surface area (Å²) in [6.45, 7) is -0.0189. The van der Waals surface area contributed by atoms with Crippen LogP contribution in [0.15, 0.2) is 29.4 Å². The van der Waals surface area contributed by atoms with Gasteiger partial charge in [-0.1, -0.05) is 36.0 Å². The molecule has 0 radical (unpaired) electrons. The summed E-state index contributed by atoms with van der Waals surface area (Å²) in [5, 5.41) is 19.3. The first-order chi connectivity index (χ1) is 9.85. The molecule has 5 heteroatoms. The zero-order valence-corrected chi connectivity index (χ0v) is 12.0. The maximum Gasteiger partial charge on any atom is 0.191 e. The maximum atomic E-state index is 9.38. The molecule has 2 aliphatic carbocycles. The molecule has 2 aliphatic rings. The Balaban J connectivity index is 1.55. The zero-order valence-electron chi connectivity index (χ0n) is 11.2. The third kappa shape index (κ3) is 2.15. The van der Waals surface area contributed by atoms with Crippen molar-refractivity contribution in [3.8, 4) is 0 Å². The van der Waals surface area contributed by atoms with Gasteiger partial charge in [-0.3, -0.25) is 0 Å². The molecule has 0 bridgehead atoms. The minimum absolute atomic E-state index is 0.0189. The van der Waals surface area contributed by atoms with Crippen LogP contribution in [0.2, 0.25) is 0 Å². The molecule has 104 valence electrons. The summed E-state index contributed by atoms with van der Waals surface area (Å²) >= 11 is 1.82. The Kier molecular flexibility index (Phi) is 3.04. The first kappa shape index (κ1) is 12.4. The van der Waals surface area contributed by atoms with Crippen LogP contribution in [0.5, 0.6) is 0 Å². The summed E-state index contributed by atoms with van der Waals surface area (Å²) in [4.78, 5) is 0. The number of hydrogen-bond donors (Lipinski definition) is 1. The Hall–Kier alpha value is -1.33. The highest BCUT2D eigenvalue weighted by Crippen LogP contribution is 2.41. The predicted octanol–water partition coefficient (Wildman–Crippen LogP) is 2.36. The van der Waals surface area contributed by atoms with Crippen LogP contribution < -0.4 is 0 Å². The van der Waals surface area contributed by atoms with Gasteiger partial charge in [-0.2, -0.15) is 0 Å². The summed E-state index contributed by atoms with van der Waals surface area (Å²) in [6, 6.07) is 9.19. The molecule has 4 rings (SSSR count). The number of aliphatic hydroxyl groups is 1. The lowest BCUT2D eigenvalue weighted by Crippen LogP contribution is -2.07. The molecule has 4 nitrogen and oxygen atoms in total. The van der Waals surface area contributed by atoms with E-state index >= 15 is 0 Å². The maximum absolute atomic E-state index is 9.38. The normalized spacial score (nSPS) is 18.4. The van der Waals surface area contributed by atoms with Crippen LogP contribution in [0.1, 0.15) is 35.8 Å². The van der Waals surface area contributed by atoms with Gasteiger partial charge < -0.3 is 9.67 Å². The van der Waals surface area contributed by atoms with Crippen molar-refractivity contribution in [1.29, 1.82) is 0 Å². The summed E-state index contributed by atoms with van der Waals surface area (Å²) in [6.07, 6.45) is 4.58. The fourth-order valence-electron chi connectivity index (χ4n) is 2.95. The van der Waals surface area contributed by atoms with Gasteiger partial charge in [0.25, 0.3) is 0 Å². The molecule has 0 aliphatic heterocycles. The second-order valence-electron chi connectivity index (χ2n) is 5.57. The van der Waals surface area contributed by atoms with Crippen molar-refractivity contribution in [3.05, 3.63) is 41.2 Å². The van der Waals surface area contributed by atoms with Crippen LogP contribution in [-0.2, 0) is 19.4 Å². The lowest BCUT2D eigenvalue weighted by Gasteiger charge is -2.10. The van der Waals surface area contributed by atoms with Crippen LogP contribution in [0.4, 0.5) is 0 Å². The summed E-state index contributed by atoms with van der Waals surface area (Å²) in [5.41, 5.74) is 2.93. The Bertz CT molecular complexity index is 611. The van der Waals surface area contributed by atoms with E-state index in [-0.39, 0.29) is 6.61 Å². The van der Waals surface area contributed by atoms with E-state index in [4.69, 9.17) is 0 Å². The van der Waals surface area contributed by atoms with E-state index in [2.05, 4.69) is 39.0 Å². The summed E-state index contributed by atoms with van der Waals surface area (Å²) in [7, 11) is 0. The average molecular weight is 287 g/mol. The predicted molar refractivity (Wildman–Crippen MR) is 77.7 cm³/mol. The van der Waals surface area contributed by atoms with Gasteiger partial charge in [0.15, 0.2) is 11.0 Å². The van der Waals surface area contributed by atoms with Gasteiger partial charge in [0.2, 0.25) is 0 Å². The van der Waals surface area contributed by atoms with E-state index in [1.807, 2.05) is 11.8 Å². The molecule has 1 aromatic carbocycles. The van der Waals surface area contributed by atoms with Gasteiger partial charge in [0, 0.05) is 11.3 Å². The number of aromatic nitrogens is 3. The zero-order chi connectivity index (χ0) is 13.5. The van der Waals surface area contributed by atoms with Crippen LogP contribution >= 0.6 is 11.8 Å². The molecule has 1 aromatic heterocycles. The van der Waals surface area contributed by atoms with Crippen molar-refractivity contribution in [2.24, 2.45) is 0 Å². The Morgan fingerprint density at radius 3 is 2.45 bits per heavy atom. The second kappa shape index (κ2) is 4.90. The van der Waals surface area contributed by atoms with Crippen molar-refractivity contribution < 1.29 is 5.11 Å².